The van der Waals surface area contributed by atoms with E-state index in [1.807, 2.05) is 36.7 Å². The molecule has 8 rings (SSSR count). The van der Waals surface area contributed by atoms with Gasteiger partial charge in [0.1, 0.15) is 12.4 Å². The molecule has 4 aliphatic rings. The number of benzene rings is 2. The zero-order valence-electron chi connectivity index (χ0n) is 23.8. The molecule has 2 aromatic carbocycles. The number of likely N-dealkylation sites (tertiary alicyclic amines) is 1. The Kier molecular flexibility index (Phi) is 6.31. The van der Waals surface area contributed by atoms with Crippen LogP contribution in [0.5, 0.6) is 6.01 Å². The Morgan fingerprint density at radius 1 is 1.09 bits per heavy atom. The van der Waals surface area contributed by atoms with E-state index < -0.39 is 11.7 Å². The highest BCUT2D eigenvalue weighted by Crippen LogP contribution is 2.42. The van der Waals surface area contributed by atoms with Crippen LogP contribution in [-0.2, 0) is 4.79 Å². The summed E-state index contributed by atoms with van der Waals surface area (Å²) in [5.74, 6) is -0.750. The van der Waals surface area contributed by atoms with E-state index in [9.17, 15) is 9.18 Å². The Bertz CT molecular complexity index is 1780. The molecule has 220 valence electrons. The molecule has 4 aromatic rings. The SMILES string of the molecule is C=C(F)C(=O)N1CC[C@@H]2[C@H]1CN2c1nc(OCC23CCCN2CCC3)nc2cc(-c3cncc4cccc(Cl)c34)ccc12. The van der Waals surface area contributed by atoms with Crippen molar-refractivity contribution >= 4 is 45.0 Å². The molecule has 2 atom stereocenters. The van der Waals surface area contributed by atoms with Gasteiger partial charge in [0.25, 0.3) is 5.91 Å². The van der Waals surface area contributed by atoms with Crippen molar-refractivity contribution < 1.29 is 13.9 Å². The normalized spacial score (nSPS) is 22.6. The van der Waals surface area contributed by atoms with E-state index >= 15 is 0 Å². The van der Waals surface area contributed by atoms with E-state index in [0.717, 1.165) is 71.0 Å². The van der Waals surface area contributed by atoms with Gasteiger partial charge in [-0.25, -0.2) is 4.39 Å². The van der Waals surface area contributed by atoms with E-state index in [0.29, 0.717) is 30.7 Å². The van der Waals surface area contributed by atoms with Crippen LogP contribution in [-0.4, -0.2) is 81.1 Å². The van der Waals surface area contributed by atoms with Crippen LogP contribution in [0.3, 0.4) is 0 Å². The minimum absolute atomic E-state index is 0.0498. The Hall–Kier alpha value is -3.82. The molecule has 0 radical (unpaired) electrons. The minimum atomic E-state index is -0.912. The fourth-order valence-electron chi connectivity index (χ4n) is 7.88. The first-order valence-electron chi connectivity index (χ1n) is 15.1. The number of fused-ring (bicyclic) bond motifs is 4. The lowest BCUT2D eigenvalue weighted by Gasteiger charge is -2.47. The topological polar surface area (TPSA) is 74.7 Å². The molecule has 10 heteroatoms. The van der Waals surface area contributed by atoms with Gasteiger partial charge < -0.3 is 14.5 Å². The highest BCUT2D eigenvalue weighted by Gasteiger charge is 2.50. The van der Waals surface area contributed by atoms with Gasteiger partial charge in [0.15, 0.2) is 5.83 Å². The number of amides is 1. The number of anilines is 1. The second kappa shape index (κ2) is 10.1. The molecule has 4 saturated heterocycles. The number of carbonyl (C=O) groups excluding carboxylic acids is 1. The van der Waals surface area contributed by atoms with E-state index in [-0.39, 0.29) is 17.6 Å². The maximum Gasteiger partial charge on any atom is 0.319 e. The lowest BCUT2D eigenvalue weighted by atomic mass is 9.95. The summed E-state index contributed by atoms with van der Waals surface area (Å²) in [5.41, 5.74) is 2.71. The average Bonchev–Trinajstić information content (AvgIpc) is 3.68. The van der Waals surface area contributed by atoms with E-state index in [1.54, 1.807) is 4.90 Å². The van der Waals surface area contributed by atoms with Crippen LogP contribution in [0.4, 0.5) is 10.2 Å². The largest absolute Gasteiger partial charge is 0.461 e. The quantitative estimate of drug-likeness (QED) is 0.261. The molecular weight excluding hydrogens is 567 g/mol. The first-order chi connectivity index (χ1) is 20.9. The van der Waals surface area contributed by atoms with Crippen LogP contribution in [0.15, 0.2) is 61.2 Å². The summed E-state index contributed by atoms with van der Waals surface area (Å²) in [6.07, 6.45) is 9.04. The van der Waals surface area contributed by atoms with Crippen LogP contribution in [0.25, 0.3) is 32.8 Å². The number of carbonyl (C=O) groups is 1. The summed E-state index contributed by atoms with van der Waals surface area (Å²) in [5, 5.41) is 3.48. The van der Waals surface area contributed by atoms with Gasteiger partial charge in [-0.05, 0) is 69.0 Å². The maximum absolute atomic E-state index is 13.7. The molecule has 0 N–H and O–H groups in total. The van der Waals surface area contributed by atoms with Crippen molar-refractivity contribution in [3.8, 4) is 17.1 Å². The van der Waals surface area contributed by atoms with Gasteiger partial charge in [-0.2, -0.15) is 9.97 Å². The number of ether oxygens (including phenoxy) is 1. The van der Waals surface area contributed by atoms with Crippen LogP contribution < -0.4 is 9.64 Å². The Morgan fingerprint density at radius 2 is 1.93 bits per heavy atom. The molecule has 0 unspecified atom stereocenters. The first kappa shape index (κ1) is 26.8. The Balaban J connectivity index is 1.19. The first-order valence-corrected chi connectivity index (χ1v) is 15.4. The summed E-state index contributed by atoms with van der Waals surface area (Å²) in [6, 6.07) is 12.3. The summed E-state index contributed by atoms with van der Waals surface area (Å²) < 4.78 is 20.2. The minimum Gasteiger partial charge on any atom is -0.461 e. The molecule has 6 heterocycles. The zero-order chi connectivity index (χ0) is 29.3. The molecule has 0 saturated carbocycles. The number of hydrogen-bond donors (Lipinski definition) is 0. The second-order valence-corrected chi connectivity index (χ2v) is 12.7. The number of pyridine rings is 1. The smallest absolute Gasteiger partial charge is 0.319 e. The number of rotatable bonds is 6. The predicted octanol–water partition coefficient (Wildman–Crippen LogP) is 5.78. The van der Waals surface area contributed by atoms with Gasteiger partial charge >= 0.3 is 6.01 Å². The van der Waals surface area contributed by atoms with Crippen LogP contribution in [0.1, 0.15) is 32.1 Å². The number of halogens is 2. The monoisotopic (exact) mass is 598 g/mol. The lowest BCUT2D eigenvalue weighted by molar-refractivity contribution is -0.130. The van der Waals surface area contributed by atoms with E-state index in [2.05, 4.69) is 33.5 Å². The number of nitrogens with zero attached hydrogens (tertiary/aromatic N) is 6. The van der Waals surface area contributed by atoms with Gasteiger partial charge in [0, 0.05) is 52.2 Å². The van der Waals surface area contributed by atoms with Gasteiger partial charge in [0.05, 0.1) is 23.1 Å². The molecular formula is C33H32ClFN6O2. The standard InChI is InChI=1S/C33H32ClFN6O2/c1-20(35)31(42)40-14-9-27-28(40)18-41(27)30-23-8-7-21(24-17-36-16-22-5-2-6-25(34)29(22)24)15-26(23)37-32(38-30)43-19-33-10-3-12-39(33)13-4-11-33/h2,5-8,15-17,27-28H,1,3-4,9-14,18-19H2/t27-,28-/m1/s1. The highest BCUT2D eigenvalue weighted by atomic mass is 35.5. The van der Waals surface area contributed by atoms with Crippen molar-refractivity contribution in [2.75, 3.05) is 37.7 Å². The van der Waals surface area contributed by atoms with Gasteiger partial charge in [-0.3, -0.25) is 14.7 Å². The lowest BCUT2D eigenvalue weighted by Crippen LogP contribution is -2.63. The second-order valence-electron chi connectivity index (χ2n) is 12.3. The van der Waals surface area contributed by atoms with Crippen LogP contribution in [0, 0.1) is 0 Å². The van der Waals surface area contributed by atoms with Crippen molar-refractivity contribution in [1.82, 2.24) is 24.8 Å². The predicted molar refractivity (Wildman–Crippen MR) is 165 cm³/mol. The van der Waals surface area contributed by atoms with Crippen LogP contribution >= 0.6 is 11.6 Å². The van der Waals surface area contributed by atoms with Crippen molar-refractivity contribution in [2.45, 2.75) is 49.7 Å². The fraction of sp³-hybridized carbons (Fsp3) is 0.394. The molecule has 4 aliphatic heterocycles. The summed E-state index contributed by atoms with van der Waals surface area (Å²) in [4.78, 5) is 33.2. The van der Waals surface area contributed by atoms with Crippen molar-refractivity contribution in [2.24, 2.45) is 0 Å². The summed E-state index contributed by atoms with van der Waals surface area (Å²) in [6.45, 7) is 7.09. The number of aromatic nitrogens is 3. The highest BCUT2D eigenvalue weighted by molar-refractivity contribution is 6.36. The van der Waals surface area contributed by atoms with Crippen molar-refractivity contribution in [3.05, 3.63) is 66.2 Å². The summed E-state index contributed by atoms with van der Waals surface area (Å²) in [7, 11) is 0. The van der Waals surface area contributed by atoms with Gasteiger partial charge in [-0.15, -0.1) is 0 Å². The number of hydrogen-bond acceptors (Lipinski definition) is 7. The molecule has 0 aliphatic carbocycles. The zero-order valence-corrected chi connectivity index (χ0v) is 24.6. The van der Waals surface area contributed by atoms with Crippen molar-refractivity contribution in [1.29, 1.82) is 0 Å². The average molecular weight is 599 g/mol. The molecule has 0 bridgehead atoms. The third kappa shape index (κ3) is 4.27. The fourth-order valence-corrected chi connectivity index (χ4v) is 8.17. The molecule has 1 amide bonds. The molecule has 2 aromatic heterocycles. The van der Waals surface area contributed by atoms with E-state index in [4.69, 9.17) is 26.3 Å². The third-order valence-corrected chi connectivity index (χ3v) is 10.4. The van der Waals surface area contributed by atoms with Gasteiger partial charge in [-0.1, -0.05) is 36.4 Å². The molecule has 4 fully saturated rings. The molecule has 43 heavy (non-hydrogen) atoms. The maximum atomic E-state index is 13.7. The molecule has 0 spiro atoms. The van der Waals surface area contributed by atoms with Crippen molar-refractivity contribution in [3.63, 3.8) is 0 Å². The third-order valence-electron chi connectivity index (χ3n) is 10.0. The van der Waals surface area contributed by atoms with Crippen LogP contribution in [0.2, 0.25) is 5.02 Å². The van der Waals surface area contributed by atoms with Gasteiger partial charge in [0.2, 0.25) is 0 Å². The summed E-state index contributed by atoms with van der Waals surface area (Å²) >= 11 is 6.66. The Morgan fingerprint density at radius 3 is 2.74 bits per heavy atom. The molecule has 8 nitrogen and oxygen atoms in total. The Labute approximate surface area is 254 Å². The van der Waals surface area contributed by atoms with E-state index in [1.165, 1.54) is 12.8 Å².